The molecule has 0 radical (unpaired) electrons. The van der Waals surface area contributed by atoms with Gasteiger partial charge in [0.1, 0.15) is 6.42 Å². The summed E-state index contributed by atoms with van der Waals surface area (Å²) in [5.41, 5.74) is 0. The molecule has 0 aromatic carbocycles. The van der Waals surface area contributed by atoms with Gasteiger partial charge in [0, 0.05) is 25.7 Å². The third kappa shape index (κ3) is 41.8. The summed E-state index contributed by atoms with van der Waals surface area (Å²) in [6, 6.07) is 0. The molecule has 0 spiro atoms. The Morgan fingerprint density at radius 1 is 0.245 bits per heavy atom. The molecule has 308 valence electrons. The van der Waals surface area contributed by atoms with Crippen molar-refractivity contribution in [2.75, 3.05) is 0 Å². The van der Waals surface area contributed by atoms with Crippen LogP contribution in [0.3, 0.4) is 0 Å². The maximum atomic E-state index is 11.9. The van der Waals surface area contributed by atoms with Gasteiger partial charge in [0.25, 0.3) is 0 Å². The zero-order chi connectivity index (χ0) is 39.0. The number of ether oxygens (including phenoxy) is 2. The maximum Gasteiger partial charge on any atom is 0.324 e. The minimum Gasteiger partial charge on any atom is -0.481 e. The van der Waals surface area contributed by atoms with Crippen molar-refractivity contribution >= 4 is 35.8 Å². The van der Waals surface area contributed by atoms with Crippen LogP contribution in [0.2, 0.25) is 0 Å². The number of hydrogen-bond donors (Lipinski definition) is 2. The Kier molecular flexibility index (Phi) is 36.9. The molecule has 0 rings (SSSR count). The molecule has 0 fully saturated rings. The van der Waals surface area contributed by atoms with E-state index in [0.29, 0.717) is 12.8 Å². The first-order chi connectivity index (χ1) is 25.7. The Balaban J connectivity index is 3.47. The van der Waals surface area contributed by atoms with Gasteiger partial charge in [0.2, 0.25) is 0 Å². The van der Waals surface area contributed by atoms with Gasteiger partial charge in [-0.2, -0.15) is 0 Å². The first-order valence-corrected chi connectivity index (χ1v) is 21.6. The third-order valence-electron chi connectivity index (χ3n) is 9.79. The minimum absolute atomic E-state index is 0.128. The Morgan fingerprint density at radius 3 is 0.604 bits per heavy atom. The molecule has 10 heteroatoms. The van der Waals surface area contributed by atoms with Crippen molar-refractivity contribution in [3.63, 3.8) is 0 Å². The smallest absolute Gasteiger partial charge is 0.324 e. The summed E-state index contributed by atoms with van der Waals surface area (Å²) in [5.74, 6) is -4.67. The largest absolute Gasteiger partial charge is 0.481 e. The second-order valence-electron chi connectivity index (χ2n) is 15.0. The van der Waals surface area contributed by atoms with Crippen LogP contribution in [0.15, 0.2) is 0 Å². The van der Waals surface area contributed by atoms with E-state index in [1.165, 1.54) is 116 Å². The standard InChI is InChI=1S/C43H76O10/c44-38(45)33-29-25-21-17-13-9-5-1-3-7-11-15-19-23-27-31-35-40(48)52-42(50)37-43(51)53-41(49)36-32-28-24-20-16-12-8-4-2-6-10-14-18-22-26-30-34-39(46)47/h1-37H2,(H,44,45)(H,46,47). The fraction of sp³-hybridized carbons (Fsp3) is 0.860. The topological polar surface area (TPSA) is 161 Å². The normalized spacial score (nSPS) is 11.0. The molecule has 0 aliphatic heterocycles. The molecule has 0 heterocycles. The Bertz CT molecular complexity index is 873. The lowest BCUT2D eigenvalue weighted by Gasteiger charge is -2.05. The van der Waals surface area contributed by atoms with Gasteiger partial charge in [-0.25, -0.2) is 0 Å². The summed E-state index contributed by atoms with van der Waals surface area (Å²) in [5, 5.41) is 17.3. The number of carbonyl (C=O) groups excluding carboxylic acids is 4. The van der Waals surface area contributed by atoms with Gasteiger partial charge in [-0.1, -0.05) is 180 Å². The summed E-state index contributed by atoms with van der Waals surface area (Å²) in [4.78, 5) is 68.7. The molecule has 0 unspecified atom stereocenters. The van der Waals surface area contributed by atoms with Gasteiger partial charge in [0.05, 0.1) is 0 Å². The summed E-state index contributed by atoms with van der Waals surface area (Å²) in [6.07, 6.45) is 35.8. The highest BCUT2D eigenvalue weighted by atomic mass is 16.6. The number of carboxylic acid groups (broad SMARTS) is 2. The van der Waals surface area contributed by atoms with Crippen LogP contribution < -0.4 is 0 Å². The van der Waals surface area contributed by atoms with E-state index in [4.69, 9.17) is 19.7 Å². The molecule has 0 atom stereocenters. The van der Waals surface area contributed by atoms with E-state index in [-0.39, 0.29) is 25.7 Å². The molecule has 0 aliphatic rings. The number of carbonyl (C=O) groups is 6. The van der Waals surface area contributed by atoms with Gasteiger partial charge in [0.15, 0.2) is 0 Å². The first kappa shape index (κ1) is 50.2. The molecule has 0 aromatic heterocycles. The highest BCUT2D eigenvalue weighted by Crippen LogP contribution is 2.16. The van der Waals surface area contributed by atoms with Crippen LogP contribution in [-0.2, 0) is 38.2 Å². The summed E-state index contributed by atoms with van der Waals surface area (Å²) < 4.78 is 9.44. The molecule has 2 N–H and O–H groups in total. The lowest BCUT2D eigenvalue weighted by Crippen LogP contribution is -2.19. The molecule has 0 amide bonds. The van der Waals surface area contributed by atoms with Crippen molar-refractivity contribution in [3.8, 4) is 0 Å². The van der Waals surface area contributed by atoms with Crippen LogP contribution in [0.5, 0.6) is 0 Å². The monoisotopic (exact) mass is 753 g/mol. The second-order valence-corrected chi connectivity index (χ2v) is 15.0. The van der Waals surface area contributed by atoms with E-state index < -0.39 is 42.2 Å². The van der Waals surface area contributed by atoms with Crippen LogP contribution in [0.25, 0.3) is 0 Å². The molecule has 0 saturated heterocycles. The van der Waals surface area contributed by atoms with E-state index in [2.05, 4.69) is 0 Å². The van der Waals surface area contributed by atoms with E-state index in [0.717, 1.165) is 77.0 Å². The molecule has 0 saturated carbocycles. The predicted molar refractivity (Wildman–Crippen MR) is 208 cm³/mol. The van der Waals surface area contributed by atoms with Crippen molar-refractivity contribution < 1.29 is 48.5 Å². The fourth-order valence-corrected chi connectivity index (χ4v) is 6.59. The van der Waals surface area contributed by atoms with E-state index >= 15 is 0 Å². The van der Waals surface area contributed by atoms with E-state index in [1.54, 1.807) is 0 Å². The molecular weight excluding hydrogens is 676 g/mol. The zero-order valence-corrected chi connectivity index (χ0v) is 33.3. The Labute approximate surface area is 321 Å². The van der Waals surface area contributed by atoms with Gasteiger partial charge in [-0.15, -0.1) is 0 Å². The Hall–Kier alpha value is -2.78. The van der Waals surface area contributed by atoms with Crippen LogP contribution in [-0.4, -0.2) is 46.0 Å². The van der Waals surface area contributed by atoms with Crippen LogP contribution >= 0.6 is 0 Å². The van der Waals surface area contributed by atoms with Gasteiger partial charge in [-0.05, 0) is 25.7 Å². The van der Waals surface area contributed by atoms with Crippen molar-refractivity contribution in [2.45, 2.75) is 238 Å². The molecule has 10 nitrogen and oxygen atoms in total. The van der Waals surface area contributed by atoms with Gasteiger partial charge in [-0.3, -0.25) is 28.8 Å². The van der Waals surface area contributed by atoms with Crippen LogP contribution in [0.1, 0.15) is 238 Å². The van der Waals surface area contributed by atoms with Gasteiger partial charge < -0.3 is 19.7 Å². The highest BCUT2D eigenvalue weighted by Gasteiger charge is 2.18. The van der Waals surface area contributed by atoms with Gasteiger partial charge >= 0.3 is 35.8 Å². The predicted octanol–water partition coefficient (Wildman–Crippen LogP) is 11.7. The number of esters is 4. The molecule has 0 bridgehead atoms. The highest BCUT2D eigenvalue weighted by molar-refractivity contribution is 5.99. The molecular formula is C43H76O10. The number of hydrogen-bond acceptors (Lipinski definition) is 8. The summed E-state index contributed by atoms with van der Waals surface area (Å²) in [6.45, 7) is 0. The van der Waals surface area contributed by atoms with Crippen molar-refractivity contribution in [1.82, 2.24) is 0 Å². The number of unbranched alkanes of at least 4 members (excludes halogenated alkanes) is 30. The third-order valence-corrected chi connectivity index (χ3v) is 9.79. The van der Waals surface area contributed by atoms with E-state index in [9.17, 15) is 28.8 Å². The van der Waals surface area contributed by atoms with Crippen molar-refractivity contribution in [3.05, 3.63) is 0 Å². The number of aliphatic carboxylic acids is 2. The molecule has 0 aromatic rings. The number of rotatable bonds is 40. The quantitative estimate of drug-likeness (QED) is 0.0350. The first-order valence-electron chi connectivity index (χ1n) is 21.6. The summed E-state index contributed by atoms with van der Waals surface area (Å²) in [7, 11) is 0. The van der Waals surface area contributed by atoms with Crippen LogP contribution in [0, 0.1) is 0 Å². The average Bonchev–Trinajstić information content (AvgIpc) is 3.10. The van der Waals surface area contributed by atoms with Crippen molar-refractivity contribution in [1.29, 1.82) is 0 Å². The van der Waals surface area contributed by atoms with Crippen LogP contribution in [0.4, 0.5) is 0 Å². The number of carboxylic acids is 2. The minimum atomic E-state index is -0.984. The van der Waals surface area contributed by atoms with E-state index in [1.807, 2.05) is 0 Å². The zero-order valence-electron chi connectivity index (χ0n) is 33.3. The molecule has 0 aliphatic carbocycles. The summed E-state index contributed by atoms with van der Waals surface area (Å²) >= 11 is 0. The second kappa shape index (κ2) is 38.9. The lowest BCUT2D eigenvalue weighted by atomic mass is 10.0. The van der Waals surface area contributed by atoms with Crippen molar-refractivity contribution in [2.24, 2.45) is 0 Å². The molecule has 53 heavy (non-hydrogen) atoms. The lowest BCUT2D eigenvalue weighted by molar-refractivity contribution is -0.165. The average molecular weight is 753 g/mol. The maximum absolute atomic E-state index is 11.9. The fourth-order valence-electron chi connectivity index (χ4n) is 6.59. The Morgan fingerprint density at radius 2 is 0.415 bits per heavy atom. The SMILES string of the molecule is O=C(O)CCCCCCCCCCCCCCCCCCC(=O)OC(=O)CC(=O)OC(=O)CCCCCCCCCCCCCCCCCCC(=O)O.